The lowest BCUT2D eigenvalue weighted by Crippen LogP contribution is -2.37. The Morgan fingerprint density at radius 3 is 2.95 bits per heavy atom. The van der Waals surface area contributed by atoms with E-state index in [4.69, 9.17) is 4.74 Å². The first-order chi connectivity index (χ1) is 9.06. The van der Waals surface area contributed by atoms with Gasteiger partial charge in [-0.1, -0.05) is 17.7 Å². The van der Waals surface area contributed by atoms with Gasteiger partial charge >= 0.3 is 0 Å². The Morgan fingerprint density at radius 2 is 2.21 bits per heavy atom. The molecule has 1 heterocycles. The van der Waals surface area contributed by atoms with E-state index in [2.05, 4.69) is 56.2 Å². The molecule has 0 spiro atoms. The maximum atomic E-state index is 5.94. The van der Waals surface area contributed by atoms with Gasteiger partial charge < -0.3 is 15.0 Å². The molecule has 106 valence electrons. The minimum absolute atomic E-state index is 0.293. The molecule has 1 aliphatic heterocycles. The molecular weight excluding hydrogens is 236 g/mol. The predicted octanol–water partition coefficient (Wildman–Crippen LogP) is 2.23. The minimum Gasteiger partial charge on any atom is -0.488 e. The number of benzene rings is 1. The van der Waals surface area contributed by atoms with Crippen LogP contribution in [0.25, 0.3) is 0 Å². The van der Waals surface area contributed by atoms with Crippen molar-refractivity contribution in [1.29, 1.82) is 0 Å². The van der Waals surface area contributed by atoms with Gasteiger partial charge in [0, 0.05) is 32.1 Å². The Morgan fingerprint density at radius 1 is 1.42 bits per heavy atom. The van der Waals surface area contributed by atoms with E-state index in [-0.39, 0.29) is 0 Å². The van der Waals surface area contributed by atoms with E-state index in [1.165, 1.54) is 11.1 Å². The van der Waals surface area contributed by atoms with Crippen molar-refractivity contribution in [1.82, 2.24) is 10.2 Å². The largest absolute Gasteiger partial charge is 0.488 e. The summed E-state index contributed by atoms with van der Waals surface area (Å²) in [6.45, 7) is 9.60. The van der Waals surface area contributed by atoms with Crippen molar-refractivity contribution in [3.05, 3.63) is 29.3 Å². The van der Waals surface area contributed by atoms with E-state index < -0.39 is 0 Å². The molecule has 1 N–H and O–H groups in total. The van der Waals surface area contributed by atoms with Crippen LogP contribution in [-0.2, 0) is 6.42 Å². The molecular formula is C16H26N2O. The smallest absolute Gasteiger partial charge is 0.123 e. The summed E-state index contributed by atoms with van der Waals surface area (Å²) in [6, 6.07) is 7.06. The van der Waals surface area contributed by atoms with E-state index in [1.807, 2.05) is 0 Å². The number of hydrogen-bond donors (Lipinski definition) is 1. The lowest BCUT2D eigenvalue weighted by molar-refractivity contribution is 0.220. The average molecular weight is 262 g/mol. The van der Waals surface area contributed by atoms with Crippen molar-refractivity contribution in [2.75, 3.05) is 26.7 Å². The zero-order chi connectivity index (χ0) is 13.8. The van der Waals surface area contributed by atoms with Crippen LogP contribution in [0, 0.1) is 6.92 Å². The minimum atomic E-state index is 0.293. The van der Waals surface area contributed by atoms with Crippen molar-refractivity contribution in [3.8, 4) is 5.75 Å². The van der Waals surface area contributed by atoms with Crippen molar-refractivity contribution in [2.45, 2.75) is 39.3 Å². The molecule has 0 aliphatic carbocycles. The van der Waals surface area contributed by atoms with Crippen molar-refractivity contribution in [3.63, 3.8) is 0 Å². The molecule has 1 aliphatic rings. The number of hydrogen-bond acceptors (Lipinski definition) is 3. The van der Waals surface area contributed by atoms with Crippen LogP contribution in [-0.4, -0.2) is 43.7 Å². The molecule has 1 atom stereocenters. The third-order valence-electron chi connectivity index (χ3n) is 3.85. The van der Waals surface area contributed by atoms with E-state index in [0.29, 0.717) is 12.1 Å². The van der Waals surface area contributed by atoms with Crippen LogP contribution >= 0.6 is 0 Å². The van der Waals surface area contributed by atoms with E-state index >= 15 is 0 Å². The molecule has 19 heavy (non-hydrogen) atoms. The van der Waals surface area contributed by atoms with Crippen LogP contribution < -0.4 is 10.1 Å². The van der Waals surface area contributed by atoms with Crippen LogP contribution in [0.2, 0.25) is 0 Å². The molecule has 1 aromatic rings. The topological polar surface area (TPSA) is 24.5 Å². The monoisotopic (exact) mass is 262 g/mol. The van der Waals surface area contributed by atoms with Crippen molar-refractivity contribution in [2.24, 2.45) is 0 Å². The summed E-state index contributed by atoms with van der Waals surface area (Å²) in [7, 11) is 2.16. The van der Waals surface area contributed by atoms with Gasteiger partial charge in [0.15, 0.2) is 0 Å². The van der Waals surface area contributed by atoms with Crippen LogP contribution in [0.3, 0.4) is 0 Å². The molecule has 2 rings (SSSR count). The predicted molar refractivity (Wildman–Crippen MR) is 79.9 cm³/mol. The second-order valence-corrected chi connectivity index (χ2v) is 5.83. The van der Waals surface area contributed by atoms with E-state index in [0.717, 1.165) is 31.8 Å². The number of nitrogens with zero attached hydrogens (tertiary/aromatic N) is 1. The highest BCUT2D eigenvalue weighted by Gasteiger charge is 2.22. The highest BCUT2D eigenvalue weighted by molar-refractivity contribution is 5.40. The Kier molecular flexibility index (Phi) is 4.83. The van der Waals surface area contributed by atoms with E-state index in [9.17, 15) is 0 Å². The van der Waals surface area contributed by atoms with Gasteiger partial charge in [-0.05, 0) is 39.4 Å². The Bertz CT molecular complexity index is 417. The second kappa shape index (κ2) is 6.40. The molecule has 0 bridgehead atoms. The third-order valence-corrected chi connectivity index (χ3v) is 3.85. The Balaban J connectivity index is 1.70. The molecule has 0 saturated carbocycles. The summed E-state index contributed by atoms with van der Waals surface area (Å²) < 4.78 is 5.94. The fourth-order valence-electron chi connectivity index (χ4n) is 2.34. The Hall–Kier alpha value is -1.06. The maximum Gasteiger partial charge on any atom is 0.123 e. The van der Waals surface area contributed by atoms with Gasteiger partial charge in [0.1, 0.15) is 11.9 Å². The average Bonchev–Trinajstić information content (AvgIpc) is 2.75. The first-order valence-corrected chi connectivity index (χ1v) is 7.23. The molecule has 0 amide bonds. The number of fused-ring (bicyclic) bond motifs is 1. The summed E-state index contributed by atoms with van der Waals surface area (Å²) in [5, 5.41) is 3.50. The zero-order valence-corrected chi connectivity index (χ0v) is 12.6. The fourth-order valence-corrected chi connectivity index (χ4v) is 2.34. The third kappa shape index (κ3) is 3.95. The fraction of sp³-hybridized carbons (Fsp3) is 0.625. The standard InChI is InChI=1S/C16H26N2O/c1-12(2)18(4)8-7-17-11-15-10-14-9-13(3)5-6-16(14)19-15/h5-6,9,12,15,17H,7-8,10-11H2,1-4H3. The molecule has 0 saturated heterocycles. The molecule has 0 radical (unpaired) electrons. The summed E-state index contributed by atoms with van der Waals surface area (Å²) in [5.41, 5.74) is 2.67. The van der Waals surface area contributed by atoms with Gasteiger partial charge in [0.2, 0.25) is 0 Å². The molecule has 3 nitrogen and oxygen atoms in total. The number of ether oxygens (including phenoxy) is 1. The summed E-state index contributed by atoms with van der Waals surface area (Å²) in [5.74, 6) is 1.07. The summed E-state index contributed by atoms with van der Waals surface area (Å²) in [4.78, 5) is 2.35. The highest BCUT2D eigenvalue weighted by atomic mass is 16.5. The van der Waals surface area contributed by atoms with Crippen LogP contribution in [0.15, 0.2) is 18.2 Å². The summed E-state index contributed by atoms with van der Waals surface area (Å²) in [6.07, 6.45) is 1.32. The normalized spacial score (nSPS) is 17.9. The number of aryl methyl sites for hydroxylation is 1. The molecule has 0 aromatic heterocycles. The SMILES string of the molecule is Cc1ccc2c(c1)CC(CNCCN(C)C(C)C)O2. The van der Waals surface area contributed by atoms with Gasteiger partial charge in [0.05, 0.1) is 0 Å². The van der Waals surface area contributed by atoms with Crippen LogP contribution in [0.1, 0.15) is 25.0 Å². The van der Waals surface area contributed by atoms with Gasteiger partial charge in [-0.25, -0.2) is 0 Å². The van der Waals surface area contributed by atoms with E-state index in [1.54, 1.807) is 0 Å². The van der Waals surface area contributed by atoms with Gasteiger partial charge in [0.25, 0.3) is 0 Å². The first kappa shape index (κ1) is 14.4. The number of nitrogens with one attached hydrogen (secondary N) is 1. The highest BCUT2D eigenvalue weighted by Crippen LogP contribution is 2.29. The van der Waals surface area contributed by atoms with Gasteiger partial charge in [-0.3, -0.25) is 0 Å². The lowest BCUT2D eigenvalue weighted by Gasteiger charge is -2.21. The maximum absolute atomic E-state index is 5.94. The van der Waals surface area contributed by atoms with Gasteiger partial charge in [-0.15, -0.1) is 0 Å². The number of likely N-dealkylation sites (N-methyl/N-ethyl adjacent to an activating group) is 1. The van der Waals surface area contributed by atoms with Gasteiger partial charge in [-0.2, -0.15) is 0 Å². The molecule has 0 fully saturated rings. The van der Waals surface area contributed by atoms with Crippen LogP contribution in [0.4, 0.5) is 0 Å². The second-order valence-electron chi connectivity index (χ2n) is 5.83. The van der Waals surface area contributed by atoms with Crippen molar-refractivity contribution >= 4 is 0 Å². The first-order valence-electron chi connectivity index (χ1n) is 7.23. The lowest BCUT2D eigenvalue weighted by atomic mass is 10.1. The summed E-state index contributed by atoms with van der Waals surface area (Å²) >= 11 is 0. The zero-order valence-electron chi connectivity index (χ0n) is 12.6. The molecule has 3 heteroatoms. The van der Waals surface area contributed by atoms with Crippen molar-refractivity contribution < 1.29 is 4.74 Å². The molecule has 1 aromatic carbocycles. The van der Waals surface area contributed by atoms with Crippen LogP contribution in [0.5, 0.6) is 5.75 Å². The Labute approximate surface area is 116 Å². The molecule has 1 unspecified atom stereocenters. The number of rotatable bonds is 6. The quantitative estimate of drug-likeness (QED) is 0.796.